The topological polar surface area (TPSA) is 27.7 Å². The molecule has 0 radical (unpaired) electrons. The first-order valence-corrected chi connectivity index (χ1v) is 5.25. The van der Waals surface area contributed by atoms with E-state index in [0.29, 0.717) is 19.8 Å². The average molecular weight is 208 g/mol. The average Bonchev–Trinajstić information content (AvgIpc) is 2.28. The Balaban J connectivity index is 1.78. The molecule has 0 saturated carbocycles. The lowest BCUT2D eigenvalue weighted by atomic mass is 10.3. The second kappa shape index (κ2) is 5.14. The van der Waals surface area contributed by atoms with Crippen LogP contribution in [0.4, 0.5) is 0 Å². The molecule has 1 aromatic rings. The highest BCUT2D eigenvalue weighted by Gasteiger charge is 2.20. The molecule has 1 heterocycles. The van der Waals surface area contributed by atoms with E-state index in [9.17, 15) is 0 Å². The van der Waals surface area contributed by atoms with E-state index in [0.717, 1.165) is 5.75 Å². The number of hydrogen-bond acceptors (Lipinski definition) is 3. The normalized spacial score (nSPS) is 26.2. The van der Waals surface area contributed by atoms with Crippen LogP contribution < -0.4 is 4.74 Å². The summed E-state index contributed by atoms with van der Waals surface area (Å²) in [5, 5.41) is 0. The number of ether oxygens (including phenoxy) is 3. The van der Waals surface area contributed by atoms with Crippen molar-refractivity contribution in [2.45, 2.75) is 19.1 Å². The van der Waals surface area contributed by atoms with Crippen molar-refractivity contribution in [1.29, 1.82) is 0 Å². The van der Waals surface area contributed by atoms with Gasteiger partial charge in [0.1, 0.15) is 18.5 Å². The van der Waals surface area contributed by atoms with Gasteiger partial charge in [0.25, 0.3) is 0 Å². The molecule has 1 fully saturated rings. The minimum atomic E-state index is 0.0500. The van der Waals surface area contributed by atoms with E-state index in [2.05, 4.69) is 0 Å². The summed E-state index contributed by atoms with van der Waals surface area (Å²) in [5.74, 6) is 0.874. The number of benzene rings is 1. The molecule has 0 N–H and O–H groups in total. The van der Waals surface area contributed by atoms with Gasteiger partial charge in [-0.2, -0.15) is 0 Å². The Labute approximate surface area is 90.0 Å². The molecule has 0 aromatic heterocycles. The zero-order chi connectivity index (χ0) is 10.5. The van der Waals surface area contributed by atoms with E-state index in [4.69, 9.17) is 14.2 Å². The highest BCUT2D eigenvalue weighted by molar-refractivity contribution is 5.20. The van der Waals surface area contributed by atoms with Crippen LogP contribution in [-0.4, -0.2) is 32.0 Å². The quantitative estimate of drug-likeness (QED) is 0.759. The molecule has 1 aromatic carbocycles. The van der Waals surface area contributed by atoms with E-state index in [1.54, 1.807) is 0 Å². The van der Waals surface area contributed by atoms with Crippen LogP contribution in [-0.2, 0) is 9.47 Å². The standard InChI is InChI=1S/C12H16O3/c1-10-7-13-8-12(15-10)9-14-11-5-3-2-4-6-11/h2-6,10,12H,7-9H2,1H3. The summed E-state index contributed by atoms with van der Waals surface area (Å²) >= 11 is 0. The van der Waals surface area contributed by atoms with Crippen molar-refractivity contribution in [2.75, 3.05) is 19.8 Å². The van der Waals surface area contributed by atoms with Crippen molar-refractivity contribution in [2.24, 2.45) is 0 Å². The maximum atomic E-state index is 5.66. The first-order valence-electron chi connectivity index (χ1n) is 5.25. The van der Waals surface area contributed by atoms with Gasteiger partial charge in [-0.3, -0.25) is 0 Å². The van der Waals surface area contributed by atoms with Crippen molar-refractivity contribution >= 4 is 0 Å². The third kappa shape index (κ3) is 3.22. The van der Waals surface area contributed by atoms with Gasteiger partial charge in [-0.25, -0.2) is 0 Å². The van der Waals surface area contributed by atoms with Gasteiger partial charge in [-0.15, -0.1) is 0 Å². The zero-order valence-electron chi connectivity index (χ0n) is 8.89. The van der Waals surface area contributed by atoms with Gasteiger partial charge < -0.3 is 14.2 Å². The SMILES string of the molecule is CC1COCC(COc2ccccc2)O1. The summed E-state index contributed by atoms with van der Waals surface area (Å²) in [7, 11) is 0. The zero-order valence-corrected chi connectivity index (χ0v) is 8.89. The maximum absolute atomic E-state index is 5.66. The first-order chi connectivity index (χ1) is 7.34. The number of rotatable bonds is 3. The van der Waals surface area contributed by atoms with Crippen LogP contribution in [0.1, 0.15) is 6.92 Å². The van der Waals surface area contributed by atoms with Gasteiger partial charge in [0.2, 0.25) is 0 Å². The van der Waals surface area contributed by atoms with Crippen molar-refractivity contribution in [1.82, 2.24) is 0 Å². The summed E-state index contributed by atoms with van der Waals surface area (Å²) in [6, 6.07) is 9.75. The van der Waals surface area contributed by atoms with Crippen molar-refractivity contribution in [3.63, 3.8) is 0 Å². The van der Waals surface area contributed by atoms with Gasteiger partial charge >= 0.3 is 0 Å². The van der Waals surface area contributed by atoms with Crippen LogP contribution >= 0.6 is 0 Å². The van der Waals surface area contributed by atoms with Crippen molar-refractivity contribution in [3.8, 4) is 5.75 Å². The molecule has 15 heavy (non-hydrogen) atoms. The van der Waals surface area contributed by atoms with Crippen LogP contribution in [0.25, 0.3) is 0 Å². The summed E-state index contributed by atoms with van der Waals surface area (Å²) in [4.78, 5) is 0. The molecule has 82 valence electrons. The molecular weight excluding hydrogens is 192 g/mol. The molecule has 3 heteroatoms. The molecule has 2 unspecified atom stereocenters. The number of hydrogen-bond donors (Lipinski definition) is 0. The fourth-order valence-electron chi connectivity index (χ4n) is 1.57. The molecule has 2 atom stereocenters. The lowest BCUT2D eigenvalue weighted by Gasteiger charge is -2.27. The number of para-hydroxylation sites is 1. The van der Waals surface area contributed by atoms with E-state index < -0.39 is 0 Å². The summed E-state index contributed by atoms with van der Waals surface area (Å²) < 4.78 is 16.6. The van der Waals surface area contributed by atoms with Gasteiger partial charge in [0.05, 0.1) is 19.3 Å². The van der Waals surface area contributed by atoms with Gasteiger partial charge in [0, 0.05) is 0 Å². The van der Waals surface area contributed by atoms with Crippen LogP contribution in [0.2, 0.25) is 0 Å². The van der Waals surface area contributed by atoms with E-state index >= 15 is 0 Å². The highest BCUT2D eigenvalue weighted by Crippen LogP contribution is 2.12. The molecule has 1 aliphatic rings. The Morgan fingerprint density at radius 3 is 2.80 bits per heavy atom. The van der Waals surface area contributed by atoms with Crippen LogP contribution in [0.5, 0.6) is 5.75 Å². The third-order valence-corrected chi connectivity index (χ3v) is 2.26. The Hall–Kier alpha value is -1.06. The monoisotopic (exact) mass is 208 g/mol. The lowest BCUT2D eigenvalue weighted by Crippen LogP contribution is -2.38. The van der Waals surface area contributed by atoms with E-state index in [1.165, 1.54) is 0 Å². The molecule has 0 aliphatic carbocycles. The predicted octanol–water partition coefficient (Wildman–Crippen LogP) is 1.87. The Bertz CT molecular complexity index is 286. The van der Waals surface area contributed by atoms with E-state index in [1.807, 2.05) is 37.3 Å². The second-order valence-corrected chi connectivity index (χ2v) is 3.73. The molecule has 1 saturated heterocycles. The molecule has 0 bridgehead atoms. The largest absolute Gasteiger partial charge is 0.491 e. The fourth-order valence-corrected chi connectivity index (χ4v) is 1.57. The highest BCUT2D eigenvalue weighted by atomic mass is 16.6. The smallest absolute Gasteiger partial charge is 0.119 e. The first kappa shape index (κ1) is 10.5. The van der Waals surface area contributed by atoms with Gasteiger partial charge in [-0.1, -0.05) is 18.2 Å². The Morgan fingerprint density at radius 1 is 1.27 bits per heavy atom. The minimum absolute atomic E-state index is 0.0500. The molecule has 3 nitrogen and oxygen atoms in total. The molecule has 1 aliphatic heterocycles. The van der Waals surface area contributed by atoms with Gasteiger partial charge in [0.15, 0.2) is 0 Å². The van der Waals surface area contributed by atoms with Crippen LogP contribution in [0.15, 0.2) is 30.3 Å². The minimum Gasteiger partial charge on any atom is -0.491 e. The van der Waals surface area contributed by atoms with E-state index in [-0.39, 0.29) is 12.2 Å². The van der Waals surface area contributed by atoms with Crippen molar-refractivity contribution in [3.05, 3.63) is 30.3 Å². The fraction of sp³-hybridized carbons (Fsp3) is 0.500. The Morgan fingerprint density at radius 2 is 2.07 bits per heavy atom. The molecular formula is C12H16O3. The molecule has 0 amide bonds. The lowest BCUT2D eigenvalue weighted by molar-refractivity contribution is -0.140. The maximum Gasteiger partial charge on any atom is 0.119 e. The summed E-state index contributed by atoms with van der Waals surface area (Å²) in [5.41, 5.74) is 0. The molecule has 2 rings (SSSR count). The Kier molecular flexibility index (Phi) is 3.59. The van der Waals surface area contributed by atoms with Gasteiger partial charge in [-0.05, 0) is 19.1 Å². The third-order valence-electron chi connectivity index (χ3n) is 2.26. The second-order valence-electron chi connectivity index (χ2n) is 3.73. The van der Waals surface area contributed by atoms with Crippen LogP contribution in [0, 0.1) is 0 Å². The van der Waals surface area contributed by atoms with Crippen molar-refractivity contribution < 1.29 is 14.2 Å². The summed E-state index contributed by atoms with van der Waals surface area (Å²) in [6.45, 7) is 3.86. The molecule has 0 spiro atoms. The predicted molar refractivity (Wildman–Crippen MR) is 57.1 cm³/mol. The summed E-state index contributed by atoms with van der Waals surface area (Å²) in [6.07, 6.45) is 0.220. The van der Waals surface area contributed by atoms with Crippen LogP contribution in [0.3, 0.4) is 0 Å².